The maximum atomic E-state index is 12.3. The minimum absolute atomic E-state index is 0.129. The van der Waals surface area contributed by atoms with E-state index in [9.17, 15) is 4.79 Å². The van der Waals surface area contributed by atoms with E-state index in [1.807, 2.05) is 37.3 Å². The number of carbonyl (C=O) groups excluding carboxylic acids is 1. The summed E-state index contributed by atoms with van der Waals surface area (Å²) in [4.78, 5) is 12.3. The van der Waals surface area contributed by atoms with Gasteiger partial charge in [0.15, 0.2) is 11.5 Å². The molecule has 0 heterocycles. The van der Waals surface area contributed by atoms with Crippen molar-refractivity contribution >= 4 is 5.91 Å². The van der Waals surface area contributed by atoms with E-state index in [2.05, 4.69) is 5.32 Å². The van der Waals surface area contributed by atoms with Gasteiger partial charge in [-0.15, -0.1) is 0 Å². The van der Waals surface area contributed by atoms with Crippen LogP contribution in [0.5, 0.6) is 11.5 Å². The number of rotatable bonds is 6. The third kappa shape index (κ3) is 4.02. The van der Waals surface area contributed by atoms with Gasteiger partial charge in [-0.25, -0.2) is 0 Å². The molecule has 2 aromatic rings. The first-order valence-electron chi connectivity index (χ1n) is 7.40. The average molecular weight is 314 g/mol. The number of hydrogen-bond donors (Lipinski definition) is 2. The minimum Gasteiger partial charge on any atom is -0.493 e. The summed E-state index contributed by atoms with van der Waals surface area (Å²) in [5.74, 6) is 1.17. The van der Waals surface area contributed by atoms with Crippen LogP contribution < -0.4 is 20.5 Å². The van der Waals surface area contributed by atoms with E-state index in [0.29, 0.717) is 23.6 Å². The Morgan fingerprint density at radius 3 is 2.30 bits per heavy atom. The molecule has 1 unspecified atom stereocenters. The molecule has 0 aliphatic rings. The lowest BCUT2D eigenvalue weighted by Gasteiger charge is -2.16. The molecule has 2 rings (SSSR count). The molecule has 1 amide bonds. The SMILES string of the molecule is COc1ccc(C(C)NC(=O)c2ccc(CN)cc2)cc1OC. The zero-order chi connectivity index (χ0) is 16.8. The van der Waals surface area contributed by atoms with Gasteiger partial charge in [-0.3, -0.25) is 4.79 Å². The molecular weight excluding hydrogens is 292 g/mol. The molecule has 0 aliphatic carbocycles. The molecule has 0 fully saturated rings. The van der Waals surface area contributed by atoms with Crippen LogP contribution in [-0.4, -0.2) is 20.1 Å². The van der Waals surface area contributed by atoms with Crippen molar-refractivity contribution in [3.05, 3.63) is 59.2 Å². The number of benzene rings is 2. The van der Waals surface area contributed by atoms with Crippen LogP contribution in [0.4, 0.5) is 0 Å². The Morgan fingerprint density at radius 1 is 1.09 bits per heavy atom. The molecule has 0 saturated heterocycles. The van der Waals surface area contributed by atoms with Crippen LogP contribution in [0.25, 0.3) is 0 Å². The van der Waals surface area contributed by atoms with Gasteiger partial charge in [0.2, 0.25) is 0 Å². The Labute approximate surface area is 136 Å². The number of nitrogens with two attached hydrogens (primary N) is 1. The molecule has 0 radical (unpaired) electrons. The maximum Gasteiger partial charge on any atom is 0.251 e. The molecule has 3 N–H and O–H groups in total. The van der Waals surface area contributed by atoms with Gasteiger partial charge in [0.05, 0.1) is 20.3 Å². The fraction of sp³-hybridized carbons (Fsp3) is 0.278. The third-order valence-corrected chi connectivity index (χ3v) is 3.71. The summed E-state index contributed by atoms with van der Waals surface area (Å²) in [7, 11) is 3.18. The summed E-state index contributed by atoms with van der Waals surface area (Å²) in [5.41, 5.74) is 8.10. The smallest absolute Gasteiger partial charge is 0.251 e. The molecule has 0 spiro atoms. The molecule has 23 heavy (non-hydrogen) atoms. The van der Waals surface area contributed by atoms with E-state index < -0.39 is 0 Å². The fourth-order valence-electron chi connectivity index (χ4n) is 2.28. The summed E-state index contributed by atoms with van der Waals surface area (Å²) in [6.45, 7) is 2.39. The summed E-state index contributed by atoms with van der Waals surface area (Å²) < 4.78 is 10.5. The Morgan fingerprint density at radius 2 is 1.74 bits per heavy atom. The van der Waals surface area contributed by atoms with Gasteiger partial charge in [0, 0.05) is 12.1 Å². The van der Waals surface area contributed by atoms with E-state index in [1.54, 1.807) is 26.4 Å². The lowest BCUT2D eigenvalue weighted by molar-refractivity contribution is 0.0940. The first-order chi connectivity index (χ1) is 11.1. The highest BCUT2D eigenvalue weighted by atomic mass is 16.5. The van der Waals surface area contributed by atoms with Crippen LogP contribution in [0.3, 0.4) is 0 Å². The Balaban J connectivity index is 2.11. The number of ether oxygens (including phenoxy) is 2. The number of amides is 1. The molecule has 122 valence electrons. The largest absolute Gasteiger partial charge is 0.493 e. The monoisotopic (exact) mass is 314 g/mol. The topological polar surface area (TPSA) is 73.6 Å². The van der Waals surface area contributed by atoms with Crippen LogP contribution in [0.15, 0.2) is 42.5 Å². The average Bonchev–Trinajstić information content (AvgIpc) is 2.60. The van der Waals surface area contributed by atoms with Crippen molar-refractivity contribution in [3.8, 4) is 11.5 Å². The van der Waals surface area contributed by atoms with Gasteiger partial charge in [0.25, 0.3) is 5.91 Å². The van der Waals surface area contributed by atoms with Crippen molar-refractivity contribution in [1.29, 1.82) is 0 Å². The molecule has 1 atom stereocenters. The van der Waals surface area contributed by atoms with Crippen molar-refractivity contribution in [3.63, 3.8) is 0 Å². The highest BCUT2D eigenvalue weighted by Gasteiger charge is 2.13. The van der Waals surface area contributed by atoms with Gasteiger partial charge in [-0.2, -0.15) is 0 Å². The van der Waals surface area contributed by atoms with Crippen molar-refractivity contribution in [2.24, 2.45) is 5.73 Å². The first kappa shape index (κ1) is 16.8. The van der Waals surface area contributed by atoms with E-state index in [0.717, 1.165) is 11.1 Å². The predicted octanol–water partition coefficient (Wildman–Crippen LogP) is 2.65. The third-order valence-electron chi connectivity index (χ3n) is 3.71. The van der Waals surface area contributed by atoms with Crippen molar-refractivity contribution in [2.75, 3.05) is 14.2 Å². The van der Waals surface area contributed by atoms with E-state index >= 15 is 0 Å². The van der Waals surface area contributed by atoms with Crippen molar-refractivity contribution in [2.45, 2.75) is 19.5 Å². The Kier molecular flexibility index (Phi) is 5.60. The quantitative estimate of drug-likeness (QED) is 0.859. The normalized spacial score (nSPS) is 11.7. The van der Waals surface area contributed by atoms with Crippen LogP contribution >= 0.6 is 0 Å². The predicted molar refractivity (Wildman–Crippen MR) is 89.8 cm³/mol. The molecule has 5 nitrogen and oxygen atoms in total. The summed E-state index contributed by atoms with van der Waals surface area (Å²) in [5, 5.41) is 2.97. The van der Waals surface area contributed by atoms with E-state index in [4.69, 9.17) is 15.2 Å². The summed E-state index contributed by atoms with van der Waals surface area (Å²) in [6, 6.07) is 12.7. The second kappa shape index (κ2) is 7.65. The zero-order valence-corrected chi connectivity index (χ0v) is 13.6. The molecular formula is C18H22N2O3. The van der Waals surface area contributed by atoms with Crippen LogP contribution in [0.1, 0.15) is 34.5 Å². The van der Waals surface area contributed by atoms with Crippen LogP contribution in [0.2, 0.25) is 0 Å². The van der Waals surface area contributed by atoms with Crippen LogP contribution in [-0.2, 0) is 6.54 Å². The number of hydrogen-bond acceptors (Lipinski definition) is 4. The second-order valence-corrected chi connectivity index (χ2v) is 5.21. The van der Waals surface area contributed by atoms with E-state index in [-0.39, 0.29) is 11.9 Å². The van der Waals surface area contributed by atoms with E-state index in [1.165, 1.54) is 0 Å². The minimum atomic E-state index is -0.156. The number of methoxy groups -OCH3 is 2. The van der Waals surface area contributed by atoms with Crippen molar-refractivity contribution in [1.82, 2.24) is 5.32 Å². The van der Waals surface area contributed by atoms with Crippen LogP contribution in [0, 0.1) is 0 Å². The molecule has 5 heteroatoms. The van der Waals surface area contributed by atoms with Gasteiger partial charge in [-0.05, 0) is 42.3 Å². The standard InChI is InChI=1S/C18H22N2O3/c1-12(15-8-9-16(22-2)17(10-15)23-3)20-18(21)14-6-4-13(11-19)5-7-14/h4-10,12H,11,19H2,1-3H3,(H,20,21). The van der Waals surface area contributed by atoms with Gasteiger partial charge < -0.3 is 20.5 Å². The number of carbonyl (C=O) groups is 1. The maximum absolute atomic E-state index is 12.3. The Hall–Kier alpha value is -2.53. The number of nitrogens with one attached hydrogen (secondary N) is 1. The fourth-order valence-corrected chi connectivity index (χ4v) is 2.28. The first-order valence-corrected chi connectivity index (χ1v) is 7.40. The highest BCUT2D eigenvalue weighted by molar-refractivity contribution is 5.94. The van der Waals surface area contributed by atoms with Gasteiger partial charge in [0.1, 0.15) is 0 Å². The lowest BCUT2D eigenvalue weighted by Crippen LogP contribution is -2.26. The van der Waals surface area contributed by atoms with Crippen molar-refractivity contribution < 1.29 is 14.3 Å². The van der Waals surface area contributed by atoms with Gasteiger partial charge >= 0.3 is 0 Å². The molecule has 0 saturated carbocycles. The second-order valence-electron chi connectivity index (χ2n) is 5.21. The zero-order valence-electron chi connectivity index (χ0n) is 13.6. The Bertz CT molecular complexity index is 668. The molecule has 0 bridgehead atoms. The lowest BCUT2D eigenvalue weighted by atomic mass is 10.1. The molecule has 0 aliphatic heterocycles. The molecule has 2 aromatic carbocycles. The summed E-state index contributed by atoms with van der Waals surface area (Å²) >= 11 is 0. The summed E-state index contributed by atoms with van der Waals surface area (Å²) in [6.07, 6.45) is 0. The van der Waals surface area contributed by atoms with Gasteiger partial charge in [-0.1, -0.05) is 18.2 Å². The highest BCUT2D eigenvalue weighted by Crippen LogP contribution is 2.29. The molecule has 0 aromatic heterocycles.